The van der Waals surface area contributed by atoms with E-state index in [-0.39, 0.29) is 0 Å². The molecule has 0 aromatic heterocycles. The van der Waals surface area contributed by atoms with Gasteiger partial charge in [0.05, 0.1) is 0 Å². The average Bonchev–Trinajstić information content (AvgIpc) is 2.16. The molecule has 0 saturated heterocycles. The molecule has 0 heterocycles. The highest BCUT2D eigenvalue weighted by molar-refractivity contribution is 5.31. The summed E-state index contributed by atoms with van der Waals surface area (Å²) in [5, 5.41) is 0. The maximum absolute atomic E-state index is 3.90. The molecule has 0 aliphatic rings. The predicted octanol–water partition coefficient (Wildman–Crippen LogP) is 4.06. The van der Waals surface area contributed by atoms with E-state index in [1.54, 1.807) is 0 Å². The monoisotopic (exact) mass is 174 g/mol. The largest absolute Gasteiger partial charge is 0.102 e. The van der Waals surface area contributed by atoms with Crippen LogP contribution in [0.1, 0.15) is 36.8 Å². The second-order valence-electron chi connectivity index (χ2n) is 3.49. The number of hydrogen-bond acceptors (Lipinski definition) is 0. The maximum Gasteiger partial charge on any atom is 0.00178 e. The molecule has 0 bridgehead atoms. The van der Waals surface area contributed by atoms with Crippen LogP contribution in [-0.2, 0) is 0 Å². The maximum atomic E-state index is 3.90. The van der Waals surface area contributed by atoms with Gasteiger partial charge < -0.3 is 0 Å². The van der Waals surface area contributed by atoms with Crippen molar-refractivity contribution in [2.45, 2.75) is 32.6 Å². The van der Waals surface area contributed by atoms with Crippen LogP contribution in [0, 0.1) is 6.92 Å². The van der Waals surface area contributed by atoms with Crippen molar-refractivity contribution in [1.29, 1.82) is 0 Å². The van der Waals surface area contributed by atoms with Crippen molar-refractivity contribution in [2.24, 2.45) is 0 Å². The van der Waals surface area contributed by atoms with Gasteiger partial charge in [-0.2, -0.15) is 0 Å². The molecule has 0 saturated carbocycles. The van der Waals surface area contributed by atoms with Gasteiger partial charge in [-0.3, -0.25) is 0 Å². The number of rotatable bonds is 4. The Hall–Kier alpha value is -1.04. The summed E-state index contributed by atoms with van der Waals surface area (Å²) in [4.78, 5) is 0. The number of aryl methyl sites for hydroxylation is 1. The van der Waals surface area contributed by atoms with E-state index in [0.717, 1.165) is 0 Å². The van der Waals surface area contributed by atoms with Gasteiger partial charge >= 0.3 is 0 Å². The molecule has 13 heavy (non-hydrogen) atoms. The number of allylic oxidation sites excluding steroid dienone is 1. The molecule has 0 N–H and O–H groups in total. The van der Waals surface area contributed by atoms with Crippen molar-refractivity contribution in [1.82, 2.24) is 0 Å². The van der Waals surface area contributed by atoms with Gasteiger partial charge in [0, 0.05) is 5.92 Å². The van der Waals surface area contributed by atoms with E-state index in [1.165, 1.54) is 24.0 Å². The first kappa shape index (κ1) is 10.0. The van der Waals surface area contributed by atoms with E-state index in [0.29, 0.717) is 5.92 Å². The second kappa shape index (κ2) is 4.86. The minimum atomic E-state index is 0.534. The lowest BCUT2D eigenvalue weighted by Crippen LogP contribution is -1.96. The van der Waals surface area contributed by atoms with Gasteiger partial charge in [-0.05, 0) is 24.5 Å². The van der Waals surface area contributed by atoms with Gasteiger partial charge in [-0.1, -0.05) is 43.7 Å². The zero-order chi connectivity index (χ0) is 9.68. The van der Waals surface area contributed by atoms with Crippen LogP contribution in [-0.4, -0.2) is 0 Å². The molecule has 0 aliphatic carbocycles. The van der Waals surface area contributed by atoms with Crippen molar-refractivity contribution >= 4 is 0 Å². The third kappa shape index (κ3) is 2.45. The molecular weight excluding hydrogens is 156 g/mol. The van der Waals surface area contributed by atoms with Gasteiger partial charge in [0.2, 0.25) is 0 Å². The molecule has 1 aromatic rings. The smallest absolute Gasteiger partial charge is 0.00178 e. The van der Waals surface area contributed by atoms with Crippen LogP contribution in [0.2, 0.25) is 0 Å². The minimum Gasteiger partial charge on any atom is -0.102 e. The van der Waals surface area contributed by atoms with Crippen molar-refractivity contribution in [3.63, 3.8) is 0 Å². The lowest BCUT2D eigenvalue weighted by molar-refractivity contribution is 0.715. The van der Waals surface area contributed by atoms with E-state index in [1.807, 2.05) is 0 Å². The quantitative estimate of drug-likeness (QED) is 0.604. The van der Waals surface area contributed by atoms with Crippen molar-refractivity contribution in [3.05, 3.63) is 48.0 Å². The fraction of sp³-hybridized carbons (Fsp3) is 0.385. The first-order valence-corrected chi connectivity index (χ1v) is 4.97. The van der Waals surface area contributed by atoms with Crippen LogP contribution in [0.3, 0.4) is 0 Å². The second-order valence-corrected chi connectivity index (χ2v) is 3.49. The molecule has 0 heteroatoms. The fourth-order valence-electron chi connectivity index (χ4n) is 1.71. The summed E-state index contributed by atoms with van der Waals surface area (Å²) in [6.45, 7) is 8.28. The third-order valence-corrected chi connectivity index (χ3v) is 2.47. The Morgan fingerprint density at radius 3 is 2.62 bits per heavy atom. The fourth-order valence-corrected chi connectivity index (χ4v) is 1.71. The first-order valence-electron chi connectivity index (χ1n) is 4.97. The molecule has 0 amide bonds. The standard InChI is InChI=1S/C13H18/c1-4-8-12(5-2)13-10-7-6-9-11(13)3/h5-7,9-10,12H,2,4,8H2,1,3H3. The van der Waals surface area contributed by atoms with E-state index >= 15 is 0 Å². The van der Waals surface area contributed by atoms with Gasteiger partial charge in [0.1, 0.15) is 0 Å². The molecule has 0 aliphatic heterocycles. The van der Waals surface area contributed by atoms with Crippen LogP contribution >= 0.6 is 0 Å². The highest BCUT2D eigenvalue weighted by Gasteiger charge is 2.07. The molecule has 0 nitrogen and oxygen atoms in total. The van der Waals surface area contributed by atoms with E-state index in [4.69, 9.17) is 0 Å². The molecular formula is C13H18. The van der Waals surface area contributed by atoms with Crippen LogP contribution in [0.25, 0.3) is 0 Å². The molecule has 1 aromatic carbocycles. The summed E-state index contributed by atoms with van der Waals surface area (Å²) < 4.78 is 0. The SMILES string of the molecule is C=CC(CCC)c1ccccc1C. The topological polar surface area (TPSA) is 0 Å². The van der Waals surface area contributed by atoms with E-state index in [9.17, 15) is 0 Å². The lowest BCUT2D eigenvalue weighted by atomic mass is 9.91. The molecule has 70 valence electrons. The highest BCUT2D eigenvalue weighted by atomic mass is 14.1. The Morgan fingerprint density at radius 2 is 2.08 bits per heavy atom. The first-order chi connectivity index (χ1) is 6.29. The lowest BCUT2D eigenvalue weighted by Gasteiger charge is -2.14. The van der Waals surface area contributed by atoms with E-state index < -0.39 is 0 Å². The molecule has 1 unspecified atom stereocenters. The van der Waals surface area contributed by atoms with Crippen molar-refractivity contribution in [3.8, 4) is 0 Å². The predicted molar refractivity (Wildman–Crippen MR) is 59.0 cm³/mol. The Balaban J connectivity index is 2.90. The van der Waals surface area contributed by atoms with Crippen molar-refractivity contribution < 1.29 is 0 Å². The Kier molecular flexibility index (Phi) is 3.75. The molecule has 0 spiro atoms. The highest BCUT2D eigenvalue weighted by Crippen LogP contribution is 2.24. The van der Waals surface area contributed by atoms with Crippen LogP contribution in [0.5, 0.6) is 0 Å². The molecule has 0 radical (unpaired) electrons. The van der Waals surface area contributed by atoms with Gasteiger partial charge in [0.15, 0.2) is 0 Å². The van der Waals surface area contributed by atoms with Gasteiger partial charge in [-0.15, -0.1) is 6.58 Å². The molecule has 1 atom stereocenters. The Bertz CT molecular complexity index is 273. The summed E-state index contributed by atoms with van der Waals surface area (Å²) in [5.74, 6) is 0.534. The summed E-state index contributed by atoms with van der Waals surface area (Å²) in [5.41, 5.74) is 2.81. The summed E-state index contributed by atoms with van der Waals surface area (Å²) in [6.07, 6.45) is 4.48. The molecule has 0 fully saturated rings. The minimum absolute atomic E-state index is 0.534. The Morgan fingerprint density at radius 1 is 1.38 bits per heavy atom. The van der Waals surface area contributed by atoms with Crippen LogP contribution < -0.4 is 0 Å². The number of benzene rings is 1. The zero-order valence-corrected chi connectivity index (χ0v) is 8.59. The molecule has 1 rings (SSSR count). The summed E-state index contributed by atoms with van der Waals surface area (Å²) in [6, 6.07) is 8.57. The summed E-state index contributed by atoms with van der Waals surface area (Å²) >= 11 is 0. The van der Waals surface area contributed by atoms with E-state index in [2.05, 4.69) is 50.8 Å². The van der Waals surface area contributed by atoms with Gasteiger partial charge in [-0.25, -0.2) is 0 Å². The van der Waals surface area contributed by atoms with Crippen LogP contribution in [0.4, 0.5) is 0 Å². The normalized spacial score (nSPS) is 12.5. The third-order valence-electron chi connectivity index (χ3n) is 2.47. The van der Waals surface area contributed by atoms with Crippen LogP contribution in [0.15, 0.2) is 36.9 Å². The average molecular weight is 174 g/mol. The summed E-state index contributed by atoms with van der Waals surface area (Å²) in [7, 11) is 0. The van der Waals surface area contributed by atoms with Crippen molar-refractivity contribution in [2.75, 3.05) is 0 Å². The Labute approximate surface area is 81.3 Å². The zero-order valence-electron chi connectivity index (χ0n) is 8.59. The number of hydrogen-bond donors (Lipinski definition) is 0. The van der Waals surface area contributed by atoms with Gasteiger partial charge in [0.25, 0.3) is 0 Å².